The van der Waals surface area contributed by atoms with Gasteiger partial charge in [-0.05, 0) is 80.3 Å². The van der Waals surface area contributed by atoms with Crippen molar-refractivity contribution in [1.82, 2.24) is 25.3 Å². The zero-order chi connectivity index (χ0) is 37.1. The third-order valence-electron chi connectivity index (χ3n) is 8.50. The van der Waals surface area contributed by atoms with E-state index < -0.39 is 35.9 Å². The standard InChI is InChI=1S/C33H53N7O9S/c1-23-7-10-38(12-14-40(22-31(46)47)15-13-39(21-30(44)45)11-8-25(17-23)18-29(42)43)20-28(41)35-19-24-3-5-26(6-4-24)36-33(49)37-27(32(34)48)9-16-50-2/h3-6,23,25,27H,7-22H2,1-2H3,(H2,34,48)(H,35,41)(H,42,43)(H,44,45)(H,46,47)(H2,36,37,49)/t23?,25?,27-/m0/s1. The predicted octanol–water partition coefficient (Wildman–Crippen LogP) is 1.02. The number of carboxylic acids is 3. The van der Waals surface area contributed by atoms with E-state index in [9.17, 15) is 44.1 Å². The molecule has 280 valence electrons. The second kappa shape index (κ2) is 22.7. The number of anilines is 1. The van der Waals surface area contributed by atoms with Crippen LogP contribution in [-0.4, -0.2) is 143 Å². The van der Waals surface area contributed by atoms with E-state index in [-0.39, 0.29) is 50.3 Å². The number of carbonyl (C=O) groups is 6. The van der Waals surface area contributed by atoms with Crippen LogP contribution in [-0.2, 0) is 30.5 Å². The number of amides is 4. The van der Waals surface area contributed by atoms with Crippen LogP contribution in [0.5, 0.6) is 0 Å². The zero-order valence-corrected chi connectivity index (χ0v) is 29.8. The monoisotopic (exact) mass is 723 g/mol. The highest BCUT2D eigenvalue weighted by Crippen LogP contribution is 2.23. The Morgan fingerprint density at radius 2 is 1.40 bits per heavy atom. The highest BCUT2D eigenvalue weighted by Gasteiger charge is 2.23. The van der Waals surface area contributed by atoms with Gasteiger partial charge in [-0.3, -0.25) is 38.7 Å². The number of urea groups is 1. The van der Waals surface area contributed by atoms with Crippen molar-refractivity contribution in [2.24, 2.45) is 17.6 Å². The maximum absolute atomic E-state index is 13.1. The number of hydrogen-bond donors (Lipinski definition) is 7. The van der Waals surface area contributed by atoms with Crippen molar-refractivity contribution in [1.29, 1.82) is 0 Å². The predicted molar refractivity (Wildman–Crippen MR) is 190 cm³/mol. The summed E-state index contributed by atoms with van der Waals surface area (Å²) in [7, 11) is 0. The van der Waals surface area contributed by atoms with Crippen molar-refractivity contribution < 1.29 is 44.1 Å². The number of carbonyl (C=O) groups excluding carboxylic acids is 3. The number of rotatable bonds is 16. The number of nitrogens with two attached hydrogens (primary N) is 1. The first-order valence-corrected chi connectivity index (χ1v) is 18.2. The average Bonchev–Trinajstić information content (AvgIpc) is 3.03. The summed E-state index contributed by atoms with van der Waals surface area (Å²) < 4.78 is 0. The minimum absolute atomic E-state index is 0.0269. The van der Waals surface area contributed by atoms with E-state index in [1.807, 2.05) is 18.1 Å². The minimum atomic E-state index is -1.02. The molecule has 0 bridgehead atoms. The molecule has 16 nitrogen and oxygen atoms in total. The lowest BCUT2D eigenvalue weighted by atomic mass is 9.88. The molecule has 1 heterocycles. The van der Waals surface area contributed by atoms with Gasteiger partial charge in [-0.2, -0.15) is 11.8 Å². The van der Waals surface area contributed by atoms with Gasteiger partial charge in [-0.25, -0.2) is 4.79 Å². The van der Waals surface area contributed by atoms with Gasteiger partial charge in [-0.15, -0.1) is 0 Å². The summed E-state index contributed by atoms with van der Waals surface area (Å²) in [4.78, 5) is 77.2. The van der Waals surface area contributed by atoms with Gasteiger partial charge < -0.3 is 37.0 Å². The van der Waals surface area contributed by atoms with Crippen molar-refractivity contribution in [3.63, 3.8) is 0 Å². The van der Waals surface area contributed by atoms with Crippen LogP contribution in [0.2, 0.25) is 0 Å². The number of benzene rings is 1. The summed E-state index contributed by atoms with van der Waals surface area (Å²) in [6, 6.07) is 5.52. The van der Waals surface area contributed by atoms with Gasteiger partial charge in [0.2, 0.25) is 11.8 Å². The van der Waals surface area contributed by atoms with Gasteiger partial charge in [0, 0.05) is 44.8 Å². The lowest BCUT2D eigenvalue weighted by molar-refractivity contribution is -0.140. The van der Waals surface area contributed by atoms with Crippen LogP contribution in [0.4, 0.5) is 10.5 Å². The lowest BCUT2D eigenvalue weighted by Gasteiger charge is -2.31. The molecule has 0 saturated carbocycles. The van der Waals surface area contributed by atoms with Crippen molar-refractivity contribution in [3.8, 4) is 0 Å². The zero-order valence-electron chi connectivity index (χ0n) is 29.0. The van der Waals surface area contributed by atoms with E-state index in [2.05, 4.69) is 16.0 Å². The van der Waals surface area contributed by atoms with Crippen molar-refractivity contribution in [2.75, 3.05) is 76.2 Å². The normalized spacial score (nSPS) is 19.4. The molecular weight excluding hydrogens is 670 g/mol. The first kappa shape index (κ1) is 42.2. The molecule has 4 amide bonds. The van der Waals surface area contributed by atoms with Crippen LogP contribution >= 0.6 is 11.8 Å². The molecule has 0 aliphatic carbocycles. The van der Waals surface area contributed by atoms with Crippen LogP contribution in [0.1, 0.15) is 44.6 Å². The quantitative estimate of drug-likeness (QED) is 0.126. The molecular formula is C33H53N7O9S. The van der Waals surface area contributed by atoms with E-state index in [0.717, 1.165) is 5.56 Å². The maximum atomic E-state index is 13.1. The molecule has 1 aliphatic rings. The molecule has 1 saturated heterocycles. The van der Waals surface area contributed by atoms with E-state index >= 15 is 0 Å². The lowest BCUT2D eigenvalue weighted by Crippen LogP contribution is -2.46. The Morgan fingerprint density at radius 1 is 0.840 bits per heavy atom. The number of hydrogen-bond acceptors (Lipinski definition) is 10. The van der Waals surface area contributed by atoms with Gasteiger partial charge in [0.1, 0.15) is 6.04 Å². The Kier molecular flexibility index (Phi) is 19.2. The molecule has 50 heavy (non-hydrogen) atoms. The van der Waals surface area contributed by atoms with E-state index in [1.165, 1.54) is 0 Å². The fourth-order valence-electron chi connectivity index (χ4n) is 5.78. The van der Waals surface area contributed by atoms with Crippen LogP contribution < -0.4 is 21.7 Å². The smallest absolute Gasteiger partial charge is 0.319 e. The molecule has 1 aliphatic heterocycles. The second-order valence-electron chi connectivity index (χ2n) is 12.8. The Labute approximate surface area is 297 Å². The molecule has 3 atom stereocenters. The highest BCUT2D eigenvalue weighted by atomic mass is 32.2. The number of thioether (sulfide) groups is 1. The summed E-state index contributed by atoms with van der Waals surface area (Å²) in [5.74, 6) is -3.13. The average molecular weight is 724 g/mol. The largest absolute Gasteiger partial charge is 0.481 e. The fraction of sp³-hybridized carbons (Fsp3) is 0.636. The van der Waals surface area contributed by atoms with Gasteiger partial charge in [0.25, 0.3) is 0 Å². The van der Waals surface area contributed by atoms with E-state index in [0.29, 0.717) is 76.4 Å². The Morgan fingerprint density at radius 3 is 1.94 bits per heavy atom. The van der Waals surface area contributed by atoms with Crippen molar-refractivity contribution >= 4 is 53.2 Å². The number of primary amides is 1. The first-order valence-electron chi connectivity index (χ1n) is 16.8. The van der Waals surface area contributed by atoms with Crippen LogP contribution in [0, 0.1) is 11.8 Å². The maximum Gasteiger partial charge on any atom is 0.319 e. The van der Waals surface area contributed by atoms with Gasteiger partial charge >= 0.3 is 23.9 Å². The SMILES string of the molecule is CSCC[C@H](NC(=O)Nc1ccc(CNC(=O)CN2CCC(C)CC(CC(=O)O)CCN(CC(=O)O)CCN(CC(=O)O)CC2)cc1)C(N)=O. The summed E-state index contributed by atoms with van der Waals surface area (Å²) in [5, 5.41) is 36.6. The Hall–Kier alpha value is -3.93. The molecule has 1 aromatic carbocycles. The molecule has 0 radical (unpaired) electrons. The third-order valence-corrected chi connectivity index (χ3v) is 9.15. The van der Waals surface area contributed by atoms with Crippen molar-refractivity contribution in [2.45, 2.75) is 51.6 Å². The Balaban J connectivity index is 2.03. The first-order chi connectivity index (χ1) is 23.7. The van der Waals surface area contributed by atoms with Crippen LogP contribution in [0.25, 0.3) is 0 Å². The second-order valence-corrected chi connectivity index (χ2v) is 13.8. The summed E-state index contributed by atoms with van der Waals surface area (Å²) >= 11 is 1.54. The molecule has 0 aromatic heterocycles. The van der Waals surface area contributed by atoms with E-state index in [4.69, 9.17) is 5.73 Å². The number of aliphatic carboxylic acids is 3. The molecule has 0 spiro atoms. The molecule has 8 N–H and O–H groups in total. The van der Waals surface area contributed by atoms with Crippen LogP contribution in [0.3, 0.4) is 0 Å². The van der Waals surface area contributed by atoms with Crippen LogP contribution in [0.15, 0.2) is 24.3 Å². The molecule has 2 unspecified atom stereocenters. The summed E-state index contributed by atoms with van der Waals surface area (Å²) in [6.45, 7) is 4.18. The summed E-state index contributed by atoms with van der Waals surface area (Å²) in [5.41, 5.74) is 6.67. The molecule has 17 heteroatoms. The van der Waals surface area contributed by atoms with Gasteiger partial charge in [0.15, 0.2) is 0 Å². The topological polar surface area (TPSA) is 235 Å². The summed E-state index contributed by atoms with van der Waals surface area (Å²) in [6.07, 6.45) is 4.13. The highest BCUT2D eigenvalue weighted by molar-refractivity contribution is 7.98. The molecule has 1 fully saturated rings. The van der Waals surface area contributed by atoms with Gasteiger partial charge in [0.05, 0.1) is 19.6 Å². The van der Waals surface area contributed by atoms with Gasteiger partial charge in [-0.1, -0.05) is 19.1 Å². The van der Waals surface area contributed by atoms with Crippen molar-refractivity contribution in [3.05, 3.63) is 29.8 Å². The number of carboxylic acid groups (broad SMARTS) is 3. The van der Waals surface area contributed by atoms with E-state index in [1.54, 1.807) is 45.8 Å². The third kappa shape index (κ3) is 18.2. The number of nitrogens with zero attached hydrogens (tertiary/aromatic N) is 3. The fourth-order valence-corrected chi connectivity index (χ4v) is 6.25. The Bertz CT molecular complexity index is 1270. The minimum Gasteiger partial charge on any atom is -0.481 e. The number of nitrogens with one attached hydrogen (secondary N) is 3. The molecule has 2 rings (SSSR count). The molecule has 1 aromatic rings.